The van der Waals surface area contributed by atoms with Gasteiger partial charge >= 0.3 is 5.97 Å². The molecular weight excluding hydrogens is 388 g/mol. The fraction of sp³-hybridized carbons (Fsp3) is 0.333. The number of amides is 1. The van der Waals surface area contributed by atoms with Gasteiger partial charge in [0.1, 0.15) is 16.5 Å². The summed E-state index contributed by atoms with van der Waals surface area (Å²) in [4.78, 5) is 37.6. The Labute approximate surface area is 173 Å². The summed E-state index contributed by atoms with van der Waals surface area (Å²) in [5.74, 6) is 0.486. The molecule has 1 aromatic carbocycles. The molecule has 2 aromatic heterocycles. The van der Waals surface area contributed by atoms with E-state index in [1.807, 2.05) is 37.1 Å². The number of aromatic nitrogens is 2. The van der Waals surface area contributed by atoms with Crippen molar-refractivity contribution in [3.63, 3.8) is 0 Å². The van der Waals surface area contributed by atoms with E-state index in [2.05, 4.69) is 28.2 Å². The Morgan fingerprint density at radius 2 is 1.79 bits per heavy atom. The lowest BCUT2D eigenvalue weighted by molar-refractivity contribution is -0.138. The van der Waals surface area contributed by atoms with Crippen molar-refractivity contribution in [2.75, 3.05) is 32.1 Å². The van der Waals surface area contributed by atoms with Gasteiger partial charge in [0, 0.05) is 38.5 Å². The summed E-state index contributed by atoms with van der Waals surface area (Å²) in [6.45, 7) is 2.56. The topological polar surface area (TPSA) is 86.6 Å². The monoisotopic (exact) mass is 412 g/mol. The van der Waals surface area contributed by atoms with E-state index in [0.29, 0.717) is 12.4 Å². The van der Waals surface area contributed by atoms with Gasteiger partial charge in [-0.3, -0.25) is 9.59 Å². The average Bonchev–Trinajstić information content (AvgIpc) is 3.13. The van der Waals surface area contributed by atoms with E-state index >= 15 is 0 Å². The molecule has 0 spiro atoms. The van der Waals surface area contributed by atoms with Crippen molar-refractivity contribution in [1.82, 2.24) is 14.9 Å². The van der Waals surface area contributed by atoms with Crippen molar-refractivity contribution in [2.24, 2.45) is 0 Å². The number of carboxylic acids is 1. The smallest absolute Gasteiger partial charge is 0.305 e. The van der Waals surface area contributed by atoms with Crippen LogP contribution in [0.3, 0.4) is 0 Å². The first-order chi connectivity index (χ1) is 13.8. The van der Waals surface area contributed by atoms with E-state index in [4.69, 9.17) is 5.11 Å². The van der Waals surface area contributed by atoms with E-state index in [9.17, 15) is 9.59 Å². The molecule has 3 aromatic rings. The van der Waals surface area contributed by atoms with Crippen LogP contribution in [0.2, 0.25) is 0 Å². The third-order valence-electron chi connectivity index (χ3n) is 4.65. The van der Waals surface area contributed by atoms with Crippen molar-refractivity contribution >= 4 is 39.2 Å². The van der Waals surface area contributed by atoms with Crippen molar-refractivity contribution in [2.45, 2.75) is 19.8 Å². The first-order valence-corrected chi connectivity index (χ1v) is 10.2. The number of benzene rings is 1. The minimum atomic E-state index is -0.910. The van der Waals surface area contributed by atoms with Crippen molar-refractivity contribution < 1.29 is 14.7 Å². The highest BCUT2D eigenvalue weighted by atomic mass is 32.1. The number of carboxylic acid groups (broad SMARTS) is 1. The maximum Gasteiger partial charge on any atom is 0.305 e. The minimum Gasteiger partial charge on any atom is -0.481 e. The van der Waals surface area contributed by atoms with Crippen molar-refractivity contribution in [3.8, 4) is 10.4 Å². The van der Waals surface area contributed by atoms with Gasteiger partial charge in [-0.25, -0.2) is 9.97 Å². The Bertz CT molecular complexity index is 1020. The fourth-order valence-electron chi connectivity index (χ4n) is 2.99. The van der Waals surface area contributed by atoms with Gasteiger partial charge in [0.05, 0.1) is 11.8 Å². The zero-order valence-corrected chi connectivity index (χ0v) is 17.6. The highest BCUT2D eigenvalue weighted by Crippen LogP contribution is 2.36. The second kappa shape index (κ2) is 9.00. The predicted molar refractivity (Wildman–Crippen MR) is 115 cm³/mol. The molecule has 0 aliphatic rings. The quantitative estimate of drug-likeness (QED) is 0.610. The van der Waals surface area contributed by atoms with Crippen LogP contribution in [0.1, 0.15) is 18.7 Å². The number of thiophene rings is 1. The van der Waals surface area contributed by atoms with Crippen LogP contribution in [-0.2, 0) is 9.59 Å². The van der Waals surface area contributed by atoms with Gasteiger partial charge < -0.3 is 14.9 Å². The number of anilines is 1. The molecule has 29 heavy (non-hydrogen) atoms. The first-order valence-electron chi connectivity index (χ1n) is 9.35. The lowest BCUT2D eigenvalue weighted by Crippen LogP contribution is -2.32. The summed E-state index contributed by atoms with van der Waals surface area (Å²) in [6.07, 6.45) is 0.230. The molecule has 1 N–H and O–H groups in total. The van der Waals surface area contributed by atoms with E-state index < -0.39 is 5.97 Å². The largest absolute Gasteiger partial charge is 0.481 e. The molecule has 0 unspecified atom stereocenters. The number of fused-ring (bicyclic) bond motifs is 1. The predicted octanol–water partition coefficient (Wildman–Crippen LogP) is 3.43. The SMILES string of the molecule is Cc1nc(N(C)CCC(=O)N(C)CCC(=O)O)c2cc(-c3ccccc3)sc2n1. The molecular formula is C21H24N4O3S. The zero-order valence-electron chi connectivity index (χ0n) is 16.8. The van der Waals surface area contributed by atoms with E-state index in [1.54, 1.807) is 18.4 Å². The molecule has 0 atom stereocenters. The minimum absolute atomic E-state index is 0.0546. The molecule has 0 saturated carbocycles. The molecule has 0 bridgehead atoms. The third kappa shape index (κ3) is 5.08. The van der Waals surface area contributed by atoms with Crippen LogP contribution < -0.4 is 4.90 Å². The highest BCUT2D eigenvalue weighted by molar-refractivity contribution is 7.21. The van der Waals surface area contributed by atoms with Gasteiger partial charge in [-0.15, -0.1) is 11.3 Å². The summed E-state index contributed by atoms with van der Waals surface area (Å²) in [5, 5.41) is 9.73. The number of carbonyl (C=O) groups excluding carboxylic acids is 1. The summed E-state index contributed by atoms with van der Waals surface area (Å²) in [7, 11) is 3.54. The molecule has 8 heteroatoms. The number of aryl methyl sites for hydroxylation is 1. The van der Waals surface area contributed by atoms with E-state index in [1.165, 1.54) is 4.90 Å². The lowest BCUT2D eigenvalue weighted by atomic mass is 10.2. The maximum absolute atomic E-state index is 12.3. The fourth-order valence-corrected chi connectivity index (χ4v) is 4.07. The lowest BCUT2D eigenvalue weighted by Gasteiger charge is -2.21. The summed E-state index contributed by atoms with van der Waals surface area (Å²) >= 11 is 1.63. The molecule has 0 radical (unpaired) electrons. The Hall–Kier alpha value is -3.00. The van der Waals surface area contributed by atoms with Crippen molar-refractivity contribution in [1.29, 1.82) is 0 Å². The maximum atomic E-state index is 12.3. The van der Waals surface area contributed by atoms with Crippen LogP contribution in [0.4, 0.5) is 5.82 Å². The van der Waals surface area contributed by atoms with Crippen LogP contribution in [0.5, 0.6) is 0 Å². The van der Waals surface area contributed by atoms with Gasteiger partial charge in [0.15, 0.2) is 0 Å². The second-order valence-corrected chi connectivity index (χ2v) is 7.95. The van der Waals surface area contributed by atoms with Crippen LogP contribution in [0.15, 0.2) is 36.4 Å². The standard InChI is InChI=1S/C21H24N4O3S/c1-14-22-20(25(3)11-9-18(26)24(2)12-10-19(27)28)16-13-17(29-21(16)23-14)15-7-5-4-6-8-15/h4-8,13H,9-12H2,1-3H3,(H,27,28). The molecule has 1 amide bonds. The zero-order chi connectivity index (χ0) is 21.0. The van der Waals surface area contributed by atoms with Gasteiger partial charge in [-0.2, -0.15) is 0 Å². The Morgan fingerprint density at radius 1 is 1.07 bits per heavy atom. The Kier molecular flexibility index (Phi) is 6.43. The van der Waals surface area contributed by atoms with Gasteiger partial charge in [0.2, 0.25) is 5.91 Å². The van der Waals surface area contributed by atoms with E-state index in [0.717, 1.165) is 26.5 Å². The number of hydrogen-bond acceptors (Lipinski definition) is 6. The highest BCUT2D eigenvalue weighted by Gasteiger charge is 2.17. The summed E-state index contributed by atoms with van der Waals surface area (Å²) in [5.41, 5.74) is 1.14. The number of carbonyl (C=O) groups is 2. The summed E-state index contributed by atoms with van der Waals surface area (Å²) < 4.78 is 0. The third-order valence-corrected chi connectivity index (χ3v) is 5.73. The van der Waals surface area contributed by atoms with Crippen LogP contribution in [0.25, 0.3) is 20.7 Å². The molecule has 7 nitrogen and oxygen atoms in total. The van der Waals surface area contributed by atoms with Crippen LogP contribution in [-0.4, -0.2) is 59.0 Å². The average molecular weight is 413 g/mol. The molecule has 152 valence electrons. The van der Waals surface area contributed by atoms with Gasteiger partial charge in [-0.1, -0.05) is 30.3 Å². The second-order valence-electron chi connectivity index (χ2n) is 6.92. The van der Waals surface area contributed by atoms with Gasteiger partial charge in [-0.05, 0) is 18.6 Å². The van der Waals surface area contributed by atoms with Crippen LogP contribution >= 0.6 is 11.3 Å². The Morgan fingerprint density at radius 3 is 2.48 bits per heavy atom. The molecule has 0 aliphatic heterocycles. The van der Waals surface area contributed by atoms with Gasteiger partial charge in [0.25, 0.3) is 0 Å². The molecule has 0 saturated heterocycles. The van der Waals surface area contributed by atoms with Crippen LogP contribution in [0, 0.1) is 6.92 Å². The molecule has 2 heterocycles. The molecule has 0 aliphatic carbocycles. The number of nitrogens with zero attached hydrogens (tertiary/aromatic N) is 4. The Balaban J connectivity index is 1.77. The normalized spacial score (nSPS) is 10.9. The molecule has 3 rings (SSSR count). The van der Waals surface area contributed by atoms with Crippen molar-refractivity contribution in [3.05, 3.63) is 42.2 Å². The molecule has 0 fully saturated rings. The number of rotatable bonds is 8. The van der Waals surface area contributed by atoms with E-state index in [-0.39, 0.29) is 25.3 Å². The number of aliphatic carboxylic acids is 1. The first kappa shape index (κ1) is 20.7. The summed E-state index contributed by atoms with van der Waals surface area (Å²) in [6, 6.07) is 12.2. The number of hydrogen-bond donors (Lipinski definition) is 1.